The first-order chi connectivity index (χ1) is 12.6. The second-order valence-corrected chi connectivity index (χ2v) is 6.52. The molecule has 8 heteroatoms. The summed E-state index contributed by atoms with van der Waals surface area (Å²) in [5, 5.41) is 7.15. The highest BCUT2D eigenvalue weighted by Gasteiger charge is 2.24. The number of aromatic nitrogens is 4. The lowest BCUT2D eigenvalue weighted by Crippen LogP contribution is -2.38. The molecular formula is C18H26N6O2. The van der Waals surface area contributed by atoms with E-state index in [1.807, 2.05) is 16.9 Å². The van der Waals surface area contributed by atoms with Crippen LogP contribution in [0.2, 0.25) is 0 Å². The fraction of sp³-hybridized carbons (Fsp3) is 0.556. The standard InChI is InChI=1S/C18H26N6O2/c1-3-6-24-12-15(9-21-24)11-23-7-8-26-17(13-23)18-19-5-4-16(22-18)10-20-14(2)25/h4-5,9,12,17H,3,6-8,10-11,13H2,1-2H3,(H,20,25). The number of hydrogen-bond acceptors (Lipinski definition) is 6. The van der Waals surface area contributed by atoms with Crippen molar-refractivity contribution in [2.24, 2.45) is 0 Å². The van der Waals surface area contributed by atoms with Crippen molar-refractivity contribution >= 4 is 5.91 Å². The minimum absolute atomic E-state index is 0.0751. The Bertz CT molecular complexity index is 732. The molecule has 1 aliphatic rings. The summed E-state index contributed by atoms with van der Waals surface area (Å²) in [5.74, 6) is 0.591. The zero-order chi connectivity index (χ0) is 18.4. The number of aryl methyl sites for hydroxylation is 1. The van der Waals surface area contributed by atoms with Crippen LogP contribution in [0.15, 0.2) is 24.7 Å². The largest absolute Gasteiger partial charge is 0.368 e. The first-order valence-corrected chi connectivity index (χ1v) is 9.05. The molecule has 1 fully saturated rings. The number of hydrogen-bond donors (Lipinski definition) is 1. The van der Waals surface area contributed by atoms with Crippen LogP contribution in [0.1, 0.15) is 43.5 Å². The van der Waals surface area contributed by atoms with Crippen LogP contribution in [0.3, 0.4) is 0 Å². The topological polar surface area (TPSA) is 85.2 Å². The van der Waals surface area contributed by atoms with Crippen molar-refractivity contribution in [3.05, 3.63) is 41.7 Å². The van der Waals surface area contributed by atoms with Gasteiger partial charge in [0.2, 0.25) is 5.91 Å². The second kappa shape index (κ2) is 8.86. The third-order valence-electron chi connectivity index (χ3n) is 4.23. The van der Waals surface area contributed by atoms with Crippen LogP contribution in [0.5, 0.6) is 0 Å². The average molecular weight is 358 g/mol. The van der Waals surface area contributed by atoms with Crippen LogP contribution >= 0.6 is 0 Å². The Balaban J connectivity index is 1.60. The van der Waals surface area contributed by atoms with Gasteiger partial charge < -0.3 is 10.1 Å². The minimum atomic E-state index is -0.160. The van der Waals surface area contributed by atoms with Gasteiger partial charge in [-0.05, 0) is 12.5 Å². The monoisotopic (exact) mass is 358 g/mol. The zero-order valence-electron chi connectivity index (χ0n) is 15.4. The number of rotatable bonds is 7. The number of carbonyl (C=O) groups excluding carboxylic acids is 1. The minimum Gasteiger partial charge on any atom is -0.368 e. The number of amides is 1. The van der Waals surface area contributed by atoms with Crippen LogP contribution < -0.4 is 5.32 Å². The van der Waals surface area contributed by atoms with Crippen molar-refractivity contribution in [3.8, 4) is 0 Å². The molecule has 0 bridgehead atoms. The summed E-state index contributed by atoms with van der Waals surface area (Å²) in [6, 6.07) is 1.81. The summed E-state index contributed by atoms with van der Waals surface area (Å²) in [6.07, 6.45) is 6.68. The summed E-state index contributed by atoms with van der Waals surface area (Å²) in [4.78, 5) is 22.3. The van der Waals surface area contributed by atoms with Gasteiger partial charge in [-0.1, -0.05) is 6.92 Å². The fourth-order valence-electron chi connectivity index (χ4n) is 2.98. The molecule has 0 aromatic carbocycles. The SMILES string of the molecule is CCCn1cc(CN2CCOC(c3nccc(CNC(C)=O)n3)C2)cn1. The molecule has 1 N–H and O–H groups in total. The van der Waals surface area contributed by atoms with E-state index in [1.165, 1.54) is 12.5 Å². The molecule has 2 aromatic heterocycles. The quantitative estimate of drug-likeness (QED) is 0.803. The Morgan fingerprint density at radius 1 is 1.46 bits per heavy atom. The highest BCUT2D eigenvalue weighted by atomic mass is 16.5. The van der Waals surface area contributed by atoms with Crippen molar-refractivity contribution in [3.63, 3.8) is 0 Å². The predicted molar refractivity (Wildman–Crippen MR) is 96.0 cm³/mol. The van der Waals surface area contributed by atoms with Crippen LogP contribution in [0.4, 0.5) is 0 Å². The van der Waals surface area contributed by atoms with Crippen LogP contribution in [0, 0.1) is 0 Å². The highest BCUT2D eigenvalue weighted by molar-refractivity contribution is 5.72. The van der Waals surface area contributed by atoms with Crippen LogP contribution in [0.25, 0.3) is 0 Å². The van der Waals surface area contributed by atoms with E-state index in [4.69, 9.17) is 4.74 Å². The lowest BCUT2D eigenvalue weighted by Gasteiger charge is -2.31. The number of ether oxygens (including phenoxy) is 1. The number of nitrogens with one attached hydrogen (secondary N) is 1. The molecule has 0 spiro atoms. The van der Waals surface area contributed by atoms with Gasteiger partial charge in [-0.2, -0.15) is 5.10 Å². The maximum atomic E-state index is 11.1. The van der Waals surface area contributed by atoms with Crippen LogP contribution in [-0.4, -0.2) is 50.3 Å². The molecular weight excluding hydrogens is 332 g/mol. The van der Waals surface area contributed by atoms with E-state index >= 15 is 0 Å². The summed E-state index contributed by atoms with van der Waals surface area (Å²) in [7, 11) is 0. The first kappa shape index (κ1) is 18.5. The van der Waals surface area contributed by atoms with Gasteiger partial charge in [0.1, 0.15) is 6.10 Å². The summed E-state index contributed by atoms with van der Waals surface area (Å²) < 4.78 is 7.87. The molecule has 0 radical (unpaired) electrons. The second-order valence-electron chi connectivity index (χ2n) is 6.52. The molecule has 3 heterocycles. The van der Waals surface area contributed by atoms with Crippen molar-refractivity contribution < 1.29 is 9.53 Å². The van der Waals surface area contributed by atoms with Gasteiger partial charge in [0.25, 0.3) is 0 Å². The number of nitrogens with zero attached hydrogens (tertiary/aromatic N) is 5. The Morgan fingerprint density at radius 3 is 3.15 bits per heavy atom. The van der Waals surface area contributed by atoms with E-state index in [0.29, 0.717) is 19.0 Å². The Hall–Kier alpha value is -2.32. The van der Waals surface area contributed by atoms with Gasteiger partial charge in [-0.15, -0.1) is 0 Å². The molecule has 1 saturated heterocycles. The molecule has 1 amide bonds. The van der Waals surface area contributed by atoms with Crippen molar-refractivity contribution in [1.29, 1.82) is 0 Å². The van der Waals surface area contributed by atoms with E-state index < -0.39 is 0 Å². The van der Waals surface area contributed by atoms with E-state index in [9.17, 15) is 4.79 Å². The molecule has 1 unspecified atom stereocenters. The van der Waals surface area contributed by atoms with Gasteiger partial charge in [-0.25, -0.2) is 9.97 Å². The predicted octanol–water partition coefficient (Wildman–Crippen LogP) is 1.29. The highest BCUT2D eigenvalue weighted by Crippen LogP contribution is 2.20. The van der Waals surface area contributed by atoms with E-state index in [0.717, 1.165) is 38.3 Å². The Labute approximate surface area is 153 Å². The van der Waals surface area contributed by atoms with E-state index in [1.54, 1.807) is 6.20 Å². The average Bonchev–Trinajstić information content (AvgIpc) is 3.08. The molecule has 0 aliphatic carbocycles. The molecule has 26 heavy (non-hydrogen) atoms. The Kier molecular flexibility index (Phi) is 6.30. The van der Waals surface area contributed by atoms with Crippen molar-refractivity contribution in [1.82, 2.24) is 30.0 Å². The first-order valence-electron chi connectivity index (χ1n) is 9.05. The Morgan fingerprint density at radius 2 is 2.35 bits per heavy atom. The smallest absolute Gasteiger partial charge is 0.217 e. The van der Waals surface area contributed by atoms with Gasteiger partial charge in [-0.3, -0.25) is 14.4 Å². The van der Waals surface area contributed by atoms with E-state index in [2.05, 4.69) is 38.4 Å². The molecule has 3 rings (SSSR count). The zero-order valence-corrected chi connectivity index (χ0v) is 15.4. The lowest BCUT2D eigenvalue weighted by molar-refractivity contribution is -0.119. The fourth-order valence-corrected chi connectivity index (χ4v) is 2.98. The third-order valence-corrected chi connectivity index (χ3v) is 4.23. The van der Waals surface area contributed by atoms with Gasteiger partial charge in [0.05, 0.1) is 25.0 Å². The number of carbonyl (C=O) groups is 1. The van der Waals surface area contributed by atoms with Gasteiger partial charge >= 0.3 is 0 Å². The number of morpholine rings is 1. The molecule has 2 aromatic rings. The van der Waals surface area contributed by atoms with Crippen molar-refractivity contribution in [2.45, 2.75) is 46.0 Å². The normalized spacial score (nSPS) is 18.0. The summed E-state index contributed by atoms with van der Waals surface area (Å²) >= 11 is 0. The summed E-state index contributed by atoms with van der Waals surface area (Å²) in [5.41, 5.74) is 1.99. The van der Waals surface area contributed by atoms with Crippen molar-refractivity contribution in [2.75, 3.05) is 19.7 Å². The lowest BCUT2D eigenvalue weighted by atomic mass is 10.2. The van der Waals surface area contributed by atoms with Gasteiger partial charge in [0, 0.05) is 51.1 Å². The summed E-state index contributed by atoms with van der Waals surface area (Å²) in [6.45, 7) is 8.09. The molecule has 1 atom stereocenters. The van der Waals surface area contributed by atoms with Crippen LogP contribution in [-0.2, 0) is 29.2 Å². The van der Waals surface area contributed by atoms with E-state index in [-0.39, 0.29) is 12.0 Å². The molecule has 8 nitrogen and oxygen atoms in total. The molecule has 1 aliphatic heterocycles. The van der Waals surface area contributed by atoms with Gasteiger partial charge in [0.15, 0.2) is 5.82 Å². The third kappa shape index (κ3) is 5.09. The maximum absolute atomic E-state index is 11.1. The molecule has 140 valence electrons. The molecule has 0 saturated carbocycles. The maximum Gasteiger partial charge on any atom is 0.217 e.